The Morgan fingerprint density at radius 1 is 1.26 bits per heavy atom. The van der Waals surface area contributed by atoms with Crippen molar-refractivity contribution in [2.45, 2.75) is 33.1 Å². The molecule has 3 heteroatoms. The molecule has 19 heavy (non-hydrogen) atoms. The summed E-state index contributed by atoms with van der Waals surface area (Å²) in [7, 11) is 0. The molecule has 1 fully saturated rings. The molecule has 1 aromatic carbocycles. The Morgan fingerprint density at radius 2 is 2.11 bits per heavy atom. The molecule has 1 saturated heterocycles. The van der Waals surface area contributed by atoms with Crippen molar-refractivity contribution in [2.75, 3.05) is 13.1 Å². The molecule has 1 unspecified atom stereocenters. The summed E-state index contributed by atoms with van der Waals surface area (Å²) in [5, 5.41) is 8.20. The number of aromatic nitrogens is 2. The van der Waals surface area contributed by atoms with Crippen LogP contribution >= 0.6 is 0 Å². The highest BCUT2D eigenvalue weighted by Gasteiger charge is 2.24. The van der Waals surface area contributed by atoms with E-state index >= 15 is 0 Å². The van der Waals surface area contributed by atoms with E-state index in [4.69, 9.17) is 5.10 Å². The number of nitrogens with zero attached hydrogens (tertiary/aromatic N) is 2. The molecule has 3 nitrogen and oxygen atoms in total. The van der Waals surface area contributed by atoms with Gasteiger partial charge in [0.05, 0.1) is 11.4 Å². The van der Waals surface area contributed by atoms with Gasteiger partial charge in [0.25, 0.3) is 0 Å². The van der Waals surface area contributed by atoms with Gasteiger partial charge >= 0.3 is 0 Å². The van der Waals surface area contributed by atoms with Crippen LogP contribution in [-0.2, 0) is 0 Å². The molecule has 1 aliphatic heterocycles. The lowest BCUT2D eigenvalue weighted by molar-refractivity contribution is 0.749. The van der Waals surface area contributed by atoms with E-state index in [1.165, 1.54) is 28.9 Å². The number of hydrogen-bond acceptors (Lipinski definition) is 2. The molecule has 3 rings (SSSR count). The zero-order valence-corrected chi connectivity index (χ0v) is 11.9. The van der Waals surface area contributed by atoms with Crippen LogP contribution < -0.4 is 5.32 Å². The van der Waals surface area contributed by atoms with Gasteiger partial charge in [0, 0.05) is 23.7 Å². The number of nitrogens with one attached hydrogen (secondary N) is 1. The first kappa shape index (κ1) is 12.4. The van der Waals surface area contributed by atoms with Crippen molar-refractivity contribution in [1.82, 2.24) is 15.1 Å². The number of benzene rings is 1. The average molecular weight is 255 g/mol. The molecule has 1 N–H and O–H groups in total. The van der Waals surface area contributed by atoms with Gasteiger partial charge in [-0.05, 0) is 51.4 Å². The fourth-order valence-corrected chi connectivity index (χ4v) is 3.16. The van der Waals surface area contributed by atoms with Crippen molar-refractivity contribution in [1.29, 1.82) is 0 Å². The van der Waals surface area contributed by atoms with E-state index in [2.05, 4.69) is 55.0 Å². The first-order valence-corrected chi connectivity index (χ1v) is 7.00. The van der Waals surface area contributed by atoms with Crippen molar-refractivity contribution < 1.29 is 0 Å². The van der Waals surface area contributed by atoms with Crippen LogP contribution in [0, 0.1) is 20.8 Å². The molecule has 0 spiro atoms. The van der Waals surface area contributed by atoms with Crippen LogP contribution in [0.4, 0.5) is 0 Å². The Kier molecular flexibility index (Phi) is 3.15. The molecule has 0 saturated carbocycles. The first-order valence-electron chi connectivity index (χ1n) is 7.00. The summed E-state index contributed by atoms with van der Waals surface area (Å²) in [6.45, 7) is 8.65. The smallest absolute Gasteiger partial charge is 0.0651 e. The van der Waals surface area contributed by atoms with Crippen LogP contribution in [0.5, 0.6) is 0 Å². The van der Waals surface area contributed by atoms with Crippen molar-refractivity contribution in [3.8, 4) is 5.69 Å². The molecule has 1 atom stereocenters. The third kappa shape index (κ3) is 2.19. The summed E-state index contributed by atoms with van der Waals surface area (Å²) in [5.74, 6) is 0.624. The molecular weight excluding hydrogens is 234 g/mol. The topological polar surface area (TPSA) is 29.9 Å². The van der Waals surface area contributed by atoms with Gasteiger partial charge in [0.15, 0.2) is 0 Å². The lowest BCUT2D eigenvalue weighted by Gasteiger charge is -2.10. The van der Waals surface area contributed by atoms with Gasteiger partial charge in [-0.2, -0.15) is 5.10 Å². The fraction of sp³-hybridized carbons (Fsp3) is 0.438. The van der Waals surface area contributed by atoms with Gasteiger partial charge in [0.1, 0.15) is 0 Å². The first-order chi connectivity index (χ1) is 9.16. The van der Waals surface area contributed by atoms with Crippen molar-refractivity contribution in [2.24, 2.45) is 0 Å². The summed E-state index contributed by atoms with van der Waals surface area (Å²) in [4.78, 5) is 0. The summed E-state index contributed by atoms with van der Waals surface area (Å²) in [6, 6.07) is 8.54. The molecule has 0 bridgehead atoms. The predicted molar refractivity (Wildman–Crippen MR) is 78.0 cm³/mol. The van der Waals surface area contributed by atoms with E-state index < -0.39 is 0 Å². The van der Waals surface area contributed by atoms with Crippen molar-refractivity contribution >= 4 is 0 Å². The molecule has 1 aliphatic rings. The van der Waals surface area contributed by atoms with E-state index in [1.54, 1.807) is 0 Å². The van der Waals surface area contributed by atoms with Crippen molar-refractivity contribution in [3.05, 3.63) is 46.8 Å². The molecular formula is C16H21N3. The number of hydrogen-bond donors (Lipinski definition) is 1. The molecule has 0 radical (unpaired) electrons. The summed E-state index contributed by atoms with van der Waals surface area (Å²) in [5.41, 5.74) is 6.34. The maximum absolute atomic E-state index is 4.76. The summed E-state index contributed by atoms with van der Waals surface area (Å²) in [6.07, 6.45) is 1.22. The van der Waals surface area contributed by atoms with E-state index in [-0.39, 0.29) is 0 Å². The molecule has 1 aromatic heterocycles. The van der Waals surface area contributed by atoms with Crippen LogP contribution in [0.3, 0.4) is 0 Å². The summed E-state index contributed by atoms with van der Waals surface area (Å²) < 4.78 is 2.09. The highest BCUT2D eigenvalue weighted by atomic mass is 15.3. The lowest BCUT2D eigenvalue weighted by Crippen LogP contribution is -2.09. The summed E-state index contributed by atoms with van der Waals surface area (Å²) >= 11 is 0. The highest BCUT2D eigenvalue weighted by Crippen LogP contribution is 2.29. The third-order valence-corrected chi connectivity index (χ3v) is 4.06. The second-order valence-corrected chi connectivity index (χ2v) is 5.53. The predicted octanol–water partition coefficient (Wildman–Crippen LogP) is 2.87. The normalized spacial score (nSPS) is 19.0. The van der Waals surface area contributed by atoms with E-state index in [9.17, 15) is 0 Å². The zero-order valence-electron chi connectivity index (χ0n) is 11.9. The Morgan fingerprint density at radius 3 is 2.79 bits per heavy atom. The largest absolute Gasteiger partial charge is 0.316 e. The number of rotatable bonds is 2. The van der Waals surface area contributed by atoms with E-state index in [0.717, 1.165) is 18.8 Å². The molecule has 100 valence electrons. The number of aryl methyl sites for hydroxylation is 2. The second-order valence-electron chi connectivity index (χ2n) is 5.53. The zero-order chi connectivity index (χ0) is 13.4. The average Bonchev–Trinajstić information content (AvgIpc) is 2.98. The maximum atomic E-state index is 4.76. The minimum Gasteiger partial charge on any atom is -0.316 e. The minimum absolute atomic E-state index is 0.624. The second kappa shape index (κ2) is 4.82. The van der Waals surface area contributed by atoms with E-state index in [1.807, 2.05) is 0 Å². The molecule has 0 amide bonds. The van der Waals surface area contributed by atoms with Crippen LogP contribution in [0.1, 0.15) is 34.9 Å². The third-order valence-electron chi connectivity index (χ3n) is 4.06. The van der Waals surface area contributed by atoms with Gasteiger partial charge in [-0.15, -0.1) is 0 Å². The monoisotopic (exact) mass is 255 g/mol. The molecule has 2 heterocycles. The minimum atomic E-state index is 0.624. The van der Waals surface area contributed by atoms with Gasteiger partial charge in [-0.1, -0.05) is 12.1 Å². The fourth-order valence-electron chi connectivity index (χ4n) is 3.16. The molecule has 2 aromatic rings. The van der Waals surface area contributed by atoms with E-state index in [0.29, 0.717) is 5.92 Å². The van der Waals surface area contributed by atoms with Crippen LogP contribution in [0.25, 0.3) is 5.69 Å². The van der Waals surface area contributed by atoms with Crippen LogP contribution in [0.15, 0.2) is 24.3 Å². The lowest BCUT2D eigenvalue weighted by atomic mass is 9.96. The standard InChI is InChI=1S/C16H21N3/c1-11-5-4-6-15(9-11)19-13(3)16(12(2)18-19)14-7-8-17-10-14/h4-6,9,14,17H,7-8,10H2,1-3H3. The van der Waals surface area contributed by atoms with Crippen LogP contribution in [-0.4, -0.2) is 22.9 Å². The Hall–Kier alpha value is -1.61. The SMILES string of the molecule is Cc1cccc(-n2nc(C)c(C3CCNC3)c2C)c1. The Bertz CT molecular complexity index is 592. The van der Waals surface area contributed by atoms with Gasteiger partial charge in [-0.25, -0.2) is 4.68 Å². The maximum Gasteiger partial charge on any atom is 0.0651 e. The highest BCUT2D eigenvalue weighted by molar-refractivity contribution is 5.40. The Labute approximate surface area is 114 Å². The van der Waals surface area contributed by atoms with Crippen molar-refractivity contribution in [3.63, 3.8) is 0 Å². The van der Waals surface area contributed by atoms with Gasteiger partial charge < -0.3 is 5.32 Å². The van der Waals surface area contributed by atoms with Gasteiger partial charge in [-0.3, -0.25) is 0 Å². The Balaban J connectivity index is 2.06. The molecule has 0 aliphatic carbocycles. The van der Waals surface area contributed by atoms with Crippen LogP contribution in [0.2, 0.25) is 0 Å². The van der Waals surface area contributed by atoms with Gasteiger partial charge in [0.2, 0.25) is 0 Å². The quantitative estimate of drug-likeness (QED) is 0.894.